The third-order valence-electron chi connectivity index (χ3n) is 10.9. The van der Waals surface area contributed by atoms with Crippen LogP contribution in [0.15, 0.2) is 174 Å². The highest BCUT2D eigenvalue weighted by atomic mass is 16.3. The van der Waals surface area contributed by atoms with Crippen molar-refractivity contribution in [3.63, 3.8) is 0 Å². The largest absolute Gasteiger partial charge is 0.455 e. The van der Waals surface area contributed by atoms with Crippen LogP contribution >= 0.6 is 0 Å². The standard InChI is InChI=1S/C48H28N4O/c1-2-13-30(14-3-1)45-37-18-6-9-19-38(37)49-48(50-45)52-40-26-24-35-33-16-7-10-20-39(33)51(32-23-22-29-12-4-5-15-31(29)28-32)46(35)43(40)44-41(52)27-25-36-34-17-8-11-21-42(34)53-47(36)44/h1-28H. The van der Waals surface area contributed by atoms with E-state index in [4.69, 9.17) is 14.4 Å². The van der Waals surface area contributed by atoms with Gasteiger partial charge in [-0.2, -0.15) is 0 Å². The Bertz CT molecular complexity index is 3460. The van der Waals surface area contributed by atoms with E-state index < -0.39 is 0 Å². The van der Waals surface area contributed by atoms with E-state index in [-0.39, 0.29) is 0 Å². The summed E-state index contributed by atoms with van der Waals surface area (Å²) < 4.78 is 11.5. The van der Waals surface area contributed by atoms with Crippen LogP contribution in [0, 0.1) is 0 Å². The van der Waals surface area contributed by atoms with Crippen molar-refractivity contribution in [1.29, 1.82) is 0 Å². The first kappa shape index (κ1) is 28.5. The van der Waals surface area contributed by atoms with Gasteiger partial charge in [0.1, 0.15) is 11.2 Å². The van der Waals surface area contributed by atoms with E-state index in [1.54, 1.807) is 0 Å². The molecule has 0 aliphatic carbocycles. The normalized spacial score (nSPS) is 12.2. The van der Waals surface area contributed by atoms with Crippen LogP contribution in [-0.4, -0.2) is 19.1 Å². The second-order valence-corrected chi connectivity index (χ2v) is 13.8. The monoisotopic (exact) mass is 676 g/mol. The molecule has 0 fully saturated rings. The third kappa shape index (κ3) is 3.96. The number of para-hydroxylation sites is 3. The highest BCUT2D eigenvalue weighted by Gasteiger charge is 2.25. The van der Waals surface area contributed by atoms with Gasteiger partial charge in [0.25, 0.3) is 0 Å². The fourth-order valence-electron chi connectivity index (χ4n) is 8.60. The van der Waals surface area contributed by atoms with E-state index in [0.29, 0.717) is 5.95 Å². The van der Waals surface area contributed by atoms with Gasteiger partial charge in [0.05, 0.1) is 38.7 Å². The quantitative estimate of drug-likeness (QED) is 0.187. The minimum Gasteiger partial charge on any atom is -0.455 e. The van der Waals surface area contributed by atoms with Crippen LogP contribution in [0.5, 0.6) is 0 Å². The van der Waals surface area contributed by atoms with Gasteiger partial charge >= 0.3 is 0 Å². The molecule has 8 aromatic carbocycles. The summed E-state index contributed by atoms with van der Waals surface area (Å²) in [6.07, 6.45) is 0. The molecule has 4 aromatic heterocycles. The highest BCUT2D eigenvalue weighted by Crippen LogP contribution is 2.46. The second kappa shape index (κ2) is 10.6. The minimum atomic E-state index is 0.616. The van der Waals surface area contributed by atoms with Crippen LogP contribution in [0.4, 0.5) is 0 Å². The predicted molar refractivity (Wildman–Crippen MR) is 218 cm³/mol. The molecule has 0 atom stereocenters. The van der Waals surface area contributed by atoms with Gasteiger partial charge in [-0.3, -0.25) is 4.57 Å². The molecule has 5 nitrogen and oxygen atoms in total. The zero-order chi connectivity index (χ0) is 34.6. The fourth-order valence-corrected chi connectivity index (χ4v) is 8.60. The number of benzene rings is 8. The van der Waals surface area contributed by atoms with Crippen molar-refractivity contribution in [2.24, 2.45) is 0 Å². The highest BCUT2D eigenvalue weighted by molar-refractivity contribution is 6.32. The number of fused-ring (bicyclic) bond motifs is 13. The van der Waals surface area contributed by atoms with Gasteiger partial charge in [-0.15, -0.1) is 0 Å². The molecule has 0 saturated carbocycles. The molecule has 4 heterocycles. The minimum absolute atomic E-state index is 0.616. The summed E-state index contributed by atoms with van der Waals surface area (Å²) in [6, 6.07) is 60.0. The van der Waals surface area contributed by atoms with Crippen molar-refractivity contribution >= 4 is 87.2 Å². The van der Waals surface area contributed by atoms with Gasteiger partial charge in [-0.05, 0) is 59.3 Å². The maximum atomic E-state index is 6.85. The lowest BCUT2D eigenvalue weighted by molar-refractivity contribution is 0.673. The SMILES string of the molecule is c1ccc(-c2nc(-n3c4ccc5c6ccccc6oc5c4c4c3ccc3c5ccccc5n(-c5ccc6ccccc6c5)c34)nc3ccccc23)cc1. The Balaban J connectivity index is 1.30. The van der Waals surface area contributed by atoms with E-state index in [1.807, 2.05) is 18.2 Å². The Hall–Kier alpha value is -7.24. The number of aromatic nitrogens is 4. The van der Waals surface area contributed by atoms with Crippen molar-refractivity contribution in [3.8, 4) is 22.9 Å². The summed E-state index contributed by atoms with van der Waals surface area (Å²) in [5.74, 6) is 0.616. The average Bonchev–Trinajstić information content (AvgIpc) is 3.88. The molecule has 0 radical (unpaired) electrons. The van der Waals surface area contributed by atoms with Crippen LogP contribution < -0.4 is 0 Å². The first-order valence-electron chi connectivity index (χ1n) is 17.9. The molecule has 0 unspecified atom stereocenters. The molecule has 0 bridgehead atoms. The molecule has 0 spiro atoms. The summed E-state index contributed by atoms with van der Waals surface area (Å²) in [6.45, 7) is 0. The predicted octanol–water partition coefficient (Wildman–Crippen LogP) is 12.5. The zero-order valence-electron chi connectivity index (χ0n) is 28.4. The molecule has 0 N–H and O–H groups in total. The summed E-state index contributed by atoms with van der Waals surface area (Å²) >= 11 is 0. The topological polar surface area (TPSA) is 48.8 Å². The van der Waals surface area contributed by atoms with Crippen molar-refractivity contribution in [3.05, 3.63) is 170 Å². The molecule has 12 aromatic rings. The summed E-state index contributed by atoms with van der Waals surface area (Å²) in [5.41, 5.74) is 9.95. The average molecular weight is 677 g/mol. The third-order valence-corrected chi connectivity index (χ3v) is 10.9. The lowest BCUT2D eigenvalue weighted by atomic mass is 10.0. The van der Waals surface area contributed by atoms with Gasteiger partial charge in [-0.25, -0.2) is 9.97 Å². The van der Waals surface area contributed by atoms with E-state index in [1.165, 1.54) is 21.5 Å². The number of hydrogen-bond acceptors (Lipinski definition) is 3. The van der Waals surface area contributed by atoms with E-state index in [0.717, 1.165) is 82.6 Å². The fraction of sp³-hybridized carbons (Fsp3) is 0. The van der Waals surface area contributed by atoms with Gasteiger partial charge < -0.3 is 8.98 Å². The van der Waals surface area contributed by atoms with Crippen LogP contribution in [0.25, 0.3) is 110 Å². The molecule has 12 rings (SSSR count). The Labute approximate surface area is 302 Å². The molecule has 53 heavy (non-hydrogen) atoms. The summed E-state index contributed by atoms with van der Waals surface area (Å²) in [7, 11) is 0. The molecule has 246 valence electrons. The second-order valence-electron chi connectivity index (χ2n) is 13.8. The molecule has 0 saturated heterocycles. The Morgan fingerprint density at radius 2 is 1.13 bits per heavy atom. The maximum absolute atomic E-state index is 6.85. The van der Waals surface area contributed by atoms with Gasteiger partial charge in [0.2, 0.25) is 5.95 Å². The summed E-state index contributed by atoms with van der Waals surface area (Å²) in [4.78, 5) is 10.7. The van der Waals surface area contributed by atoms with Crippen LogP contribution in [-0.2, 0) is 0 Å². The van der Waals surface area contributed by atoms with Crippen LogP contribution in [0.1, 0.15) is 0 Å². The molecule has 0 aliphatic heterocycles. The van der Waals surface area contributed by atoms with Crippen LogP contribution in [0.2, 0.25) is 0 Å². The lowest BCUT2D eigenvalue weighted by Gasteiger charge is -2.12. The van der Waals surface area contributed by atoms with Gasteiger partial charge in [0, 0.05) is 43.6 Å². The number of furan rings is 1. The van der Waals surface area contributed by atoms with E-state index in [9.17, 15) is 0 Å². The first-order chi connectivity index (χ1) is 26.3. The molecule has 0 aliphatic rings. The molecule has 5 heteroatoms. The molecular weight excluding hydrogens is 649 g/mol. The van der Waals surface area contributed by atoms with Gasteiger partial charge in [0.15, 0.2) is 0 Å². The van der Waals surface area contributed by atoms with E-state index in [2.05, 4.69) is 161 Å². The Morgan fingerprint density at radius 1 is 0.434 bits per heavy atom. The van der Waals surface area contributed by atoms with Crippen molar-refractivity contribution in [1.82, 2.24) is 19.1 Å². The van der Waals surface area contributed by atoms with Crippen molar-refractivity contribution in [2.75, 3.05) is 0 Å². The molecule has 0 amide bonds. The van der Waals surface area contributed by atoms with Gasteiger partial charge in [-0.1, -0.05) is 121 Å². The number of nitrogens with zero attached hydrogens (tertiary/aromatic N) is 4. The zero-order valence-corrected chi connectivity index (χ0v) is 28.4. The van der Waals surface area contributed by atoms with E-state index >= 15 is 0 Å². The van der Waals surface area contributed by atoms with Crippen LogP contribution in [0.3, 0.4) is 0 Å². The summed E-state index contributed by atoms with van der Waals surface area (Å²) in [5, 5.41) is 10.1. The van der Waals surface area contributed by atoms with Crippen molar-refractivity contribution in [2.45, 2.75) is 0 Å². The first-order valence-corrected chi connectivity index (χ1v) is 17.9. The number of hydrogen-bond donors (Lipinski definition) is 0. The maximum Gasteiger partial charge on any atom is 0.235 e. The Kier molecular flexibility index (Phi) is 5.71. The van der Waals surface area contributed by atoms with Crippen molar-refractivity contribution < 1.29 is 4.42 Å². The Morgan fingerprint density at radius 3 is 2.02 bits per heavy atom. The lowest BCUT2D eigenvalue weighted by Crippen LogP contribution is -2.03. The number of rotatable bonds is 3. The molecular formula is C48H28N4O. The smallest absolute Gasteiger partial charge is 0.235 e.